The molecule has 0 radical (unpaired) electrons. The molecule has 0 bridgehead atoms. The molecule has 0 N–H and O–H groups in total. The van der Waals surface area contributed by atoms with Crippen LogP contribution in [0, 0.1) is 10.1 Å². The molecule has 8 heteroatoms. The Balaban J connectivity index is 3.40. The van der Waals surface area contributed by atoms with Crippen LogP contribution in [0.25, 0.3) is 0 Å². The molecule has 0 fully saturated rings. The first-order chi connectivity index (χ1) is 7.23. The van der Waals surface area contributed by atoms with E-state index in [1.54, 1.807) is 0 Å². The van der Waals surface area contributed by atoms with E-state index in [9.17, 15) is 28.1 Å². The molecule has 0 aliphatic heterocycles. The quantitative estimate of drug-likeness (QED) is 0.446. The van der Waals surface area contributed by atoms with Crippen LogP contribution in [0.3, 0.4) is 0 Å². The number of nitro groups is 1. The fourth-order valence-corrected chi connectivity index (χ4v) is 1.02. The second-order valence-corrected chi connectivity index (χ2v) is 2.90. The summed E-state index contributed by atoms with van der Waals surface area (Å²) in [5, 5.41) is 10.5. The third-order valence-corrected chi connectivity index (χ3v) is 1.73. The van der Waals surface area contributed by atoms with Crippen molar-refractivity contribution in [1.82, 2.24) is 4.98 Å². The van der Waals surface area contributed by atoms with E-state index in [0.717, 1.165) is 6.92 Å². The molecule has 1 rings (SSSR count). The van der Waals surface area contributed by atoms with Crippen LogP contribution in [0.5, 0.6) is 0 Å². The van der Waals surface area contributed by atoms with Crippen LogP contribution in [0.1, 0.15) is 23.0 Å². The summed E-state index contributed by atoms with van der Waals surface area (Å²) in [5.41, 5.74) is -2.79. The van der Waals surface area contributed by atoms with Crippen LogP contribution in [-0.4, -0.2) is 15.7 Å². The fourth-order valence-electron chi connectivity index (χ4n) is 1.02. The minimum atomic E-state index is -4.73. The largest absolute Gasteiger partial charge is 0.418 e. The van der Waals surface area contributed by atoms with Gasteiger partial charge >= 0.3 is 6.18 Å². The van der Waals surface area contributed by atoms with Crippen molar-refractivity contribution in [3.63, 3.8) is 0 Å². The van der Waals surface area contributed by atoms with Crippen LogP contribution in [0.15, 0.2) is 12.3 Å². The highest BCUT2D eigenvalue weighted by Crippen LogP contribution is 2.31. The topological polar surface area (TPSA) is 73.1 Å². The molecular formula is C8H5F3N2O3. The van der Waals surface area contributed by atoms with E-state index in [1.807, 2.05) is 0 Å². The number of hydrogen-bond donors (Lipinski definition) is 0. The Hall–Kier alpha value is -1.99. The number of nitrogens with zero attached hydrogens (tertiary/aromatic N) is 2. The molecule has 1 aromatic rings. The Morgan fingerprint density at radius 2 is 2.06 bits per heavy atom. The summed E-state index contributed by atoms with van der Waals surface area (Å²) in [4.78, 5) is 23.4. The predicted octanol–water partition coefficient (Wildman–Crippen LogP) is 2.21. The third-order valence-electron chi connectivity index (χ3n) is 1.73. The lowest BCUT2D eigenvalue weighted by Crippen LogP contribution is -2.10. The van der Waals surface area contributed by atoms with Crippen LogP contribution in [0.4, 0.5) is 18.9 Å². The smallest absolute Gasteiger partial charge is 0.292 e. The van der Waals surface area contributed by atoms with Crippen molar-refractivity contribution in [2.75, 3.05) is 0 Å². The molecule has 86 valence electrons. The summed E-state index contributed by atoms with van der Waals surface area (Å²) in [6.07, 6.45) is -4.34. The Morgan fingerprint density at radius 1 is 1.50 bits per heavy atom. The van der Waals surface area contributed by atoms with Crippen LogP contribution < -0.4 is 0 Å². The second kappa shape index (κ2) is 3.87. The third kappa shape index (κ3) is 2.33. The lowest BCUT2D eigenvalue weighted by atomic mass is 10.2. The van der Waals surface area contributed by atoms with E-state index in [1.165, 1.54) is 0 Å². The van der Waals surface area contributed by atoms with Gasteiger partial charge in [0.1, 0.15) is 0 Å². The molecule has 1 heterocycles. The number of ketones is 1. The highest BCUT2D eigenvalue weighted by atomic mass is 19.4. The molecule has 0 saturated carbocycles. The average Bonchev–Trinajstić information content (AvgIpc) is 2.15. The van der Waals surface area contributed by atoms with Crippen molar-refractivity contribution in [3.8, 4) is 0 Å². The lowest BCUT2D eigenvalue weighted by molar-refractivity contribution is -0.385. The summed E-state index contributed by atoms with van der Waals surface area (Å²) < 4.78 is 36.6. The second-order valence-electron chi connectivity index (χ2n) is 2.90. The number of rotatable bonds is 2. The number of aromatic nitrogens is 1. The van der Waals surface area contributed by atoms with E-state index in [0.29, 0.717) is 12.3 Å². The minimum absolute atomic E-state index is 0.295. The van der Waals surface area contributed by atoms with Crippen molar-refractivity contribution in [1.29, 1.82) is 0 Å². The summed E-state index contributed by atoms with van der Waals surface area (Å²) in [5.74, 6) is -0.763. The first-order valence-electron chi connectivity index (χ1n) is 3.96. The lowest BCUT2D eigenvalue weighted by Gasteiger charge is -2.06. The van der Waals surface area contributed by atoms with Gasteiger partial charge in [-0.15, -0.1) is 0 Å². The standard InChI is InChI=1S/C8H5F3N2O3/c1-4(14)7-6(13(15)16)2-5(3-12-7)8(9,10)11/h2-3H,1H3. The first kappa shape index (κ1) is 12.1. The number of carbonyl (C=O) groups is 1. The molecule has 0 aliphatic carbocycles. The molecule has 1 aromatic heterocycles. The molecule has 5 nitrogen and oxygen atoms in total. The van der Waals surface area contributed by atoms with E-state index in [2.05, 4.69) is 4.98 Å². The number of alkyl halides is 3. The van der Waals surface area contributed by atoms with Crippen molar-refractivity contribution in [3.05, 3.63) is 33.6 Å². The first-order valence-corrected chi connectivity index (χ1v) is 3.96. The fraction of sp³-hybridized carbons (Fsp3) is 0.250. The Kier molecular flexibility index (Phi) is 2.92. The SMILES string of the molecule is CC(=O)c1ncc(C(F)(F)F)cc1[N+](=O)[O-]. The van der Waals surface area contributed by atoms with Crippen molar-refractivity contribution >= 4 is 11.5 Å². The Bertz CT molecular complexity index is 456. The zero-order valence-corrected chi connectivity index (χ0v) is 7.91. The van der Waals surface area contributed by atoms with Gasteiger partial charge in [0.15, 0.2) is 11.5 Å². The molecule has 0 saturated heterocycles. The van der Waals surface area contributed by atoms with Gasteiger partial charge in [0.25, 0.3) is 5.69 Å². The molecule has 0 spiro atoms. The van der Waals surface area contributed by atoms with Crippen LogP contribution in [-0.2, 0) is 6.18 Å². The summed E-state index contributed by atoms with van der Waals surface area (Å²) >= 11 is 0. The van der Waals surface area contributed by atoms with Gasteiger partial charge in [-0.25, -0.2) is 4.98 Å². The highest BCUT2D eigenvalue weighted by molar-refractivity contribution is 5.96. The molecule has 0 aromatic carbocycles. The molecule has 0 unspecified atom stereocenters. The minimum Gasteiger partial charge on any atom is -0.292 e. The predicted molar refractivity (Wildman–Crippen MR) is 45.9 cm³/mol. The summed E-state index contributed by atoms with van der Waals surface area (Å²) in [6, 6.07) is 0.295. The van der Waals surface area contributed by atoms with Crippen LogP contribution >= 0.6 is 0 Å². The maximum atomic E-state index is 12.2. The van der Waals surface area contributed by atoms with E-state index < -0.39 is 33.8 Å². The van der Waals surface area contributed by atoms with Crippen molar-refractivity contribution < 1.29 is 22.9 Å². The zero-order chi connectivity index (χ0) is 12.5. The van der Waals surface area contributed by atoms with E-state index in [-0.39, 0.29) is 0 Å². The maximum Gasteiger partial charge on any atom is 0.418 e. The average molecular weight is 234 g/mol. The molecular weight excluding hydrogens is 229 g/mol. The monoisotopic (exact) mass is 234 g/mol. The number of hydrogen-bond acceptors (Lipinski definition) is 4. The van der Waals surface area contributed by atoms with Gasteiger partial charge < -0.3 is 0 Å². The summed E-state index contributed by atoms with van der Waals surface area (Å²) in [6.45, 7) is 0.989. The van der Waals surface area contributed by atoms with Gasteiger partial charge in [-0.2, -0.15) is 13.2 Å². The Morgan fingerprint density at radius 3 is 2.44 bits per heavy atom. The van der Waals surface area contributed by atoms with Crippen molar-refractivity contribution in [2.24, 2.45) is 0 Å². The highest BCUT2D eigenvalue weighted by Gasteiger charge is 2.34. The normalized spacial score (nSPS) is 11.2. The number of halogens is 3. The van der Waals surface area contributed by atoms with Gasteiger partial charge in [0.05, 0.1) is 10.5 Å². The number of Topliss-reactive ketones (excluding diaryl/α,β-unsaturated/α-hetero) is 1. The number of carbonyl (C=O) groups excluding carboxylic acids is 1. The van der Waals surface area contributed by atoms with Gasteiger partial charge in [-0.1, -0.05) is 0 Å². The van der Waals surface area contributed by atoms with E-state index in [4.69, 9.17) is 0 Å². The maximum absolute atomic E-state index is 12.2. The van der Waals surface area contributed by atoms with Gasteiger partial charge in [0, 0.05) is 19.2 Å². The zero-order valence-electron chi connectivity index (χ0n) is 7.91. The number of pyridine rings is 1. The molecule has 0 aliphatic rings. The van der Waals surface area contributed by atoms with E-state index >= 15 is 0 Å². The van der Waals surface area contributed by atoms with Gasteiger partial charge in [-0.3, -0.25) is 14.9 Å². The Labute approximate surface area is 87.1 Å². The molecule has 16 heavy (non-hydrogen) atoms. The van der Waals surface area contributed by atoms with Gasteiger partial charge in [-0.05, 0) is 0 Å². The summed E-state index contributed by atoms with van der Waals surface area (Å²) in [7, 11) is 0. The molecule has 0 amide bonds. The van der Waals surface area contributed by atoms with Crippen molar-refractivity contribution in [2.45, 2.75) is 13.1 Å². The molecule has 0 atom stereocenters. The van der Waals surface area contributed by atoms with Gasteiger partial charge in [0.2, 0.25) is 0 Å². The van der Waals surface area contributed by atoms with Crippen LogP contribution in [0.2, 0.25) is 0 Å².